The van der Waals surface area contributed by atoms with E-state index in [2.05, 4.69) is 49.3 Å². The number of likely N-dealkylation sites (tertiary alicyclic amines) is 3. The van der Waals surface area contributed by atoms with Crippen LogP contribution in [0.1, 0.15) is 66.7 Å². The van der Waals surface area contributed by atoms with Gasteiger partial charge in [0, 0.05) is 25.2 Å². The number of nitrogens with zero attached hydrogens (tertiary/aromatic N) is 3. The minimum Gasteiger partial charge on any atom is -0.303 e. The van der Waals surface area contributed by atoms with Gasteiger partial charge in [-0.3, -0.25) is 4.90 Å². The van der Waals surface area contributed by atoms with Crippen LogP contribution < -0.4 is 0 Å². The molecule has 3 rings (SSSR count). The fourth-order valence-corrected chi connectivity index (χ4v) is 5.31. The van der Waals surface area contributed by atoms with E-state index in [1.165, 1.54) is 77.9 Å². The molecule has 146 valence electrons. The maximum Gasteiger partial charge on any atom is 0.0120 e. The summed E-state index contributed by atoms with van der Waals surface area (Å²) >= 11 is 0. The number of hydrogen-bond acceptors (Lipinski definition) is 3. The first-order valence-electron chi connectivity index (χ1n) is 11.0. The van der Waals surface area contributed by atoms with E-state index in [-0.39, 0.29) is 0 Å². The lowest BCUT2D eigenvalue weighted by molar-refractivity contribution is 0.0842. The largest absolute Gasteiger partial charge is 0.303 e. The van der Waals surface area contributed by atoms with Crippen molar-refractivity contribution in [3.63, 3.8) is 0 Å². The molecule has 3 heteroatoms. The average Bonchev–Trinajstić information content (AvgIpc) is 3.06. The summed E-state index contributed by atoms with van der Waals surface area (Å²) in [5.41, 5.74) is 0.486. The normalized spacial score (nSPS) is 29.8. The van der Waals surface area contributed by atoms with Gasteiger partial charge >= 0.3 is 0 Å². The predicted octanol–water partition coefficient (Wildman–Crippen LogP) is 3.94. The van der Waals surface area contributed by atoms with Gasteiger partial charge in [0.2, 0.25) is 0 Å². The lowest BCUT2D eigenvalue weighted by atomic mass is 9.80. The van der Waals surface area contributed by atoms with Crippen molar-refractivity contribution >= 4 is 0 Å². The summed E-state index contributed by atoms with van der Waals surface area (Å²) in [4.78, 5) is 8.26. The summed E-state index contributed by atoms with van der Waals surface area (Å²) in [6.45, 7) is 21.3. The summed E-state index contributed by atoms with van der Waals surface area (Å²) in [5.74, 6) is 1.85. The molecule has 3 aliphatic heterocycles. The highest BCUT2D eigenvalue weighted by Crippen LogP contribution is 2.35. The van der Waals surface area contributed by atoms with Crippen molar-refractivity contribution in [2.45, 2.75) is 78.8 Å². The molecule has 1 unspecified atom stereocenters. The second-order valence-electron chi connectivity index (χ2n) is 10.5. The summed E-state index contributed by atoms with van der Waals surface area (Å²) in [6, 6.07) is 1.60. The summed E-state index contributed by atoms with van der Waals surface area (Å²) in [7, 11) is 0. The van der Waals surface area contributed by atoms with Gasteiger partial charge in [0.15, 0.2) is 0 Å². The van der Waals surface area contributed by atoms with Gasteiger partial charge in [-0.05, 0) is 95.9 Å². The molecule has 25 heavy (non-hydrogen) atoms. The van der Waals surface area contributed by atoms with E-state index in [9.17, 15) is 0 Å². The van der Waals surface area contributed by atoms with Crippen molar-refractivity contribution in [2.24, 2.45) is 17.3 Å². The highest BCUT2D eigenvalue weighted by atomic mass is 15.2. The molecule has 3 fully saturated rings. The average molecular weight is 350 g/mol. The maximum absolute atomic E-state index is 2.83. The Bertz CT molecular complexity index is 398. The third-order valence-electron chi connectivity index (χ3n) is 7.41. The quantitative estimate of drug-likeness (QED) is 0.761. The first kappa shape index (κ1) is 19.6. The lowest BCUT2D eigenvalue weighted by Gasteiger charge is -2.40. The molecule has 3 saturated heterocycles. The fraction of sp³-hybridized carbons (Fsp3) is 1.00. The molecule has 3 aliphatic rings. The number of piperidine rings is 2. The number of rotatable bonds is 4. The Morgan fingerprint density at radius 1 is 0.840 bits per heavy atom. The van der Waals surface area contributed by atoms with Gasteiger partial charge in [0.05, 0.1) is 0 Å². The highest BCUT2D eigenvalue weighted by Gasteiger charge is 2.36. The molecule has 0 aliphatic carbocycles. The zero-order chi connectivity index (χ0) is 18.0. The van der Waals surface area contributed by atoms with E-state index >= 15 is 0 Å². The monoisotopic (exact) mass is 349 g/mol. The predicted molar refractivity (Wildman–Crippen MR) is 108 cm³/mol. The zero-order valence-corrected chi connectivity index (χ0v) is 17.6. The molecule has 0 amide bonds. The molecule has 0 spiro atoms. The van der Waals surface area contributed by atoms with Crippen LogP contribution in [0.4, 0.5) is 0 Å². The van der Waals surface area contributed by atoms with Crippen LogP contribution in [-0.4, -0.2) is 72.6 Å². The summed E-state index contributed by atoms with van der Waals surface area (Å²) < 4.78 is 0. The van der Waals surface area contributed by atoms with Crippen LogP contribution in [0.25, 0.3) is 0 Å². The molecule has 0 aromatic heterocycles. The van der Waals surface area contributed by atoms with Crippen LogP contribution in [0.3, 0.4) is 0 Å². The van der Waals surface area contributed by atoms with E-state index in [1.807, 2.05) is 0 Å². The SMILES string of the molecule is CC(C)N1CCC(CN2CCC(N3CCC(C(C)(C)C)C3)CC2)CC1. The molecule has 1 atom stereocenters. The van der Waals surface area contributed by atoms with E-state index in [4.69, 9.17) is 0 Å². The van der Waals surface area contributed by atoms with E-state index < -0.39 is 0 Å². The third kappa shape index (κ3) is 5.20. The molecule has 0 radical (unpaired) electrons. The Kier molecular flexibility index (Phi) is 6.50. The molecule has 0 saturated carbocycles. The van der Waals surface area contributed by atoms with Crippen molar-refractivity contribution in [2.75, 3.05) is 45.8 Å². The van der Waals surface area contributed by atoms with Crippen LogP contribution in [0.2, 0.25) is 0 Å². The Hall–Kier alpha value is -0.120. The van der Waals surface area contributed by atoms with Gasteiger partial charge in [-0.15, -0.1) is 0 Å². The maximum atomic E-state index is 2.83. The molecule has 0 aromatic rings. The van der Waals surface area contributed by atoms with Crippen LogP contribution in [0.15, 0.2) is 0 Å². The van der Waals surface area contributed by atoms with Crippen LogP contribution in [0, 0.1) is 17.3 Å². The first-order valence-corrected chi connectivity index (χ1v) is 11.0. The van der Waals surface area contributed by atoms with Crippen molar-refractivity contribution in [1.82, 2.24) is 14.7 Å². The van der Waals surface area contributed by atoms with E-state index in [0.717, 1.165) is 23.9 Å². The van der Waals surface area contributed by atoms with Crippen molar-refractivity contribution in [3.8, 4) is 0 Å². The smallest absolute Gasteiger partial charge is 0.0120 e. The molecular weight excluding hydrogens is 306 g/mol. The Balaban J connectivity index is 1.37. The Morgan fingerprint density at radius 3 is 2.00 bits per heavy atom. The standard InChI is InChI=1S/C22H43N3/c1-18(2)24-13-6-19(7-14-24)16-23-11-9-21(10-12-23)25-15-8-20(17-25)22(3,4)5/h18-21H,6-17H2,1-5H3. The highest BCUT2D eigenvalue weighted by molar-refractivity contribution is 4.89. The lowest BCUT2D eigenvalue weighted by Crippen LogP contribution is -2.47. The molecule has 0 bridgehead atoms. The minimum absolute atomic E-state index is 0.486. The van der Waals surface area contributed by atoms with Crippen molar-refractivity contribution in [3.05, 3.63) is 0 Å². The van der Waals surface area contributed by atoms with E-state index in [1.54, 1.807) is 0 Å². The Morgan fingerprint density at radius 2 is 1.48 bits per heavy atom. The molecule has 0 N–H and O–H groups in total. The second kappa shape index (κ2) is 8.27. The Labute approximate surface area is 157 Å². The third-order valence-corrected chi connectivity index (χ3v) is 7.41. The second-order valence-corrected chi connectivity index (χ2v) is 10.5. The van der Waals surface area contributed by atoms with Gasteiger partial charge in [0.1, 0.15) is 0 Å². The van der Waals surface area contributed by atoms with Crippen molar-refractivity contribution < 1.29 is 0 Å². The van der Waals surface area contributed by atoms with Gasteiger partial charge in [-0.2, -0.15) is 0 Å². The minimum atomic E-state index is 0.486. The fourth-order valence-electron chi connectivity index (χ4n) is 5.31. The van der Waals surface area contributed by atoms with Gasteiger partial charge in [0.25, 0.3) is 0 Å². The molecule has 0 aromatic carbocycles. The number of hydrogen-bond donors (Lipinski definition) is 0. The molecule has 3 heterocycles. The van der Waals surface area contributed by atoms with Gasteiger partial charge in [-0.1, -0.05) is 20.8 Å². The molecular formula is C22H43N3. The zero-order valence-electron chi connectivity index (χ0n) is 17.6. The van der Waals surface area contributed by atoms with Crippen LogP contribution >= 0.6 is 0 Å². The van der Waals surface area contributed by atoms with Crippen molar-refractivity contribution in [1.29, 1.82) is 0 Å². The summed E-state index contributed by atoms with van der Waals surface area (Å²) in [5, 5.41) is 0. The topological polar surface area (TPSA) is 9.72 Å². The van der Waals surface area contributed by atoms with Crippen LogP contribution in [-0.2, 0) is 0 Å². The first-order chi connectivity index (χ1) is 11.8. The summed E-state index contributed by atoms with van der Waals surface area (Å²) in [6.07, 6.45) is 7.05. The van der Waals surface area contributed by atoms with Crippen LogP contribution in [0.5, 0.6) is 0 Å². The van der Waals surface area contributed by atoms with Gasteiger partial charge in [-0.25, -0.2) is 0 Å². The molecule has 3 nitrogen and oxygen atoms in total. The van der Waals surface area contributed by atoms with E-state index in [0.29, 0.717) is 5.41 Å². The van der Waals surface area contributed by atoms with Gasteiger partial charge < -0.3 is 9.80 Å².